The molecule has 2 aromatic heterocycles. The van der Waals surface area contributed by atoms with Gasteiger partial charge in [0.05, 0.1) is 25.3 Å². The minimum atomic E-state index is 0.197. The Hall–Kier alpha value is -4.25. The first kappa shape index (κ1) is 21.0. The number of rotatable bonds is 6. The number of fused-ring (bicyclic) bond motifs is 1. The minimum absolute atomic E-state index is 0.197. The summed E-state index contributed by atoms with van der Waals surface area (Å²) < 4.78 is 18.3. The summed E-state index contributed by atoms with van der Waals surface area (Å²) in [6, 6.07) is 14.0. The second kappa shape index (κ2) is 8.47. The van der Waals surface area contributed by atoms with E-state index in [1.165, 1.54) is 7.11 Å². The van der Waals surface area contributed by atoms with E-state index < -0.39 is 0 Å². The molecule has 0 aliphatic rings. The second-order valence-corrected chi connectivity index (χ2v) is 7.29. The van der Waals surface area contributed by atoms with Gasteiger partial charge in [-0.15, -0.1) is 0 Å². The van der Waals surface area contributed by atoms with Crippen LogP contribution in [0, 0.1) is 25.2 Å². The monoisotopic (exact) mass is 429 g/mol. The number of ether oxygens (including phenoxy) is 3. The zero-order valence-corrected chi connectivity index (χ0v) is 18.3. The van der Waals surface area contributed by atoms with E-state index in [-0.39, 0.29) is 6.01 Å². The SMILES string of the molecule is COc1ccc(COc2ccc(C)c(-n3c(N)c(C#N)c4cnc(OC)nc43)c2C)cc1. The van der Waals surface area contributed by atoms with Gasteiger partial charge in [0.2, 0.25) is 0 Å². The highest BCUT2D eigenvalue weighted by atomic mass is 16.5. The summed E-state index contributed by atoms with van der Waals surface area (Å²) in [7, 11) is 3.13. The Morgan fingerprint density at radius 3 is 2.47 bits per heavy atom. The number of anilines is 1. The van der Waals surface area contributed by atoms with E-state index in [4.69, 9.17) is 19.9 Å². The van der Waals surface area contributed by atoms with Crippen LogP contribution in [0.5, 0.6) is 17.5 Å². The topological polar surface area (TPSA) is 108 Å². The molecule has 0 aliphatic heterocycles. The summed E-state index contributed by atoms with van der Waals surface area (Å²) in [5, 5.41) is 10.2. The molecule has 0 saturated heterocycles. The van der Waals surface area contributed by atoms with Crippen LogP contribution in [-0.4, -0.2) is 28.8 Å². The lowest BCUT2D eigenvalue weighted by Crippen LogP contribution is -2.08. The maximum absolute atomic E-state index is 9.68. The molecule has 0 fully saturated rings. The molecule has 4 aromatic rings. The van der Waals surface area contributed by atoms with Gasteiger partial charge in [-0.2, -0.15) is 10.2 Å². The number of nitrogens with zero attached hydrogens (tertiary/aromatic N) is 4. The van der Waals surface area contributed by atoms with Gasteiger partial charge in [-0.25, -0.2) is 4.98 Å². The second-order valence-electron chi connectivity index (χ2n) is 7.29. The number of hydrogen-bond donors (Lipinski definition) is 1. The molecule has 0 amide bonds. The van der Waals surface area contributed by atoms with Crippen molar-refractivity contribution >= 4 is 16.9 Å². The molecule has 2 aromatic carbocycles. The van der Waals surface area contributed by atoms with Crippen molar-refractivity contribution < 1.29 is 14.2 Å². The fourth-order valence-electron chi connectivity index (χ4n) is 3.71. The third kappa shape index (κ3) is 3.54. The first-order valence-corrected chi connectivity index (χ1v) is 9.95. The normalized spacial score (nSPS) is 10.7. The molecule has 0 radical (unpaired) electrons. The van der Waals surface area contributed by atoms with Crippen molar-refractivity contribution in [2.24, 2.45) is 0 Å². The average molecular weight is 429 g/mol. The highest BCUT2D eigenvalue weighted by molar-refractivity contribution is 5.91. The predicted molar refractivity (Wildman–Crippen MR) is 121 cm³/mol. The number of methoxy groups -OCH3 is 2. The first-order valence-electron chi connectivity index (χ1n) is 9.95. The first-order chi connectivity index (χ1) is 15.5. The zero-order valence-electron chi connectivity index (χ0n) is 18.3. The van der Waals surface area contributed by atoms with Crippen LogP contribution < -0.4 is 19.9 Å². The van der Waals surface area contributed by atoms with E-state index in [2.05, 4.69) is 16.0 Å². The molecule has 8 heteroatoms. The fraction of sp³-hybridized carbons (Fsp3) is 0.208. The molecule has 0 saturated carbocycles. The quantitative estimate of drug-likeness (QED) is 0.492. The number of aryl methyl sites for hydroxylation is 1. The fourth-order valence-corrected chi connectivity index (χ4v) is 3.71. The standard InChI is InChI=1S/C24H23N5O3/c1-14-5-10-20(32-13-16-6-8-17(30-3)9-7-16)15(2)21(14)29-22(26)18(11-25)19-12-27-24(31-4)28-23(19)29/h5-10,12H,13,26H2,1-4H3. The Morgan fingerprint density at radius 2 is 1.81 bits per heavy atom. The van der Waals surface area contributed by atoms with E-state index in [0.29, 0.717) is 34.8 Å². The third-order valence-corrected chi connectivity index (χ3v) is 5.38. The summed E-state index contributed by atoms with van der Waals surface area (Å²) in [5.74, 6) is 1.80. The molecule has 0 spiro atoms. The van der Waals surface area contributed by atoms with Gasteiger partial charge in [0.1, 0.15) is 35.6 Å². The van der Waals surface area contributed by atoms with Gasteiger partial charge in [-0.1, -0.05) is 18.2 Å². The van der Waals surface area contributed by atoms with E-state index in [0.717, 1.165) is 28.1 Å². The average Bonchev–Trinajstić information content (AvgIpc) is 3.09. The summed E-state index contributed by atoms with van der Waals surface area (Å²) in [5.41, 5.74) is 10.9. The van der Waals surface area contributed by atoms with Crippen molar-refractivity contribution in [1.82, 2.24) is 14.5 Å². The Bertz CT molecular complexity index is 1340. The number of nitrogen functional groups attached to an aromatic ring is 1. The minimum Gasteiger partial charge on any atom is -0.497 e. The van der Waals surface area contributed by atoms with Crippen molar-refractivity contribution in [3.05, 3.63) is 64.8 Å². The van der Waals surface area contributed by atoms with Gasteiger partial charge in [0.25, 0.3) is 0 Å². The van der Waals surface area contributed by atoms with E-state index in [9.17, 15) is 5.26 Å². The summed E-state index contributed by atoms with van der Waals surface area (Å²) in [6.45, 7) is 4.33. The van der Waals surface area contributed by atoms with Crippen LogP contribution in [-0.2, 0) is 6.61 Å². The maximum Gasteiger partial charge on any atom is 0.318 e. The molecular formula is C24H23N5O3. The Labute approximate surface area is 185 Å². The van der Waals surface area contributed by atoms with Gasteiger partial charge in [0, 0.05) is 11.8 Å². The van der Waals surface area contributed by atoms with Crippen LogP contribution in [0.1, 0.15) is 22.3 Å². The van der Waals surface area contributed by atoms with Crippen molar-refractivity contribution in [3.8, 4) is 29.3 Å². The van der Waals surface area contributed by atoms with E-state index in [1.54, 1.807) is 17.9 Å². The molecule has 2 heterocycles. The lowest BCUT2D eigenvalue weighted by Gasteiger charge is -2.18. The Kier molecular flexibility index (Phi) is 5.56. The van der Waals surface area contributed by atoms with E-state index in [1.807, 2.05) is 50.2 Å². The number of nitriles is 1. The van der Waals surface area contributed by atoms with Crippen LogP contribution >= 0.6 is 0 Å². The van der Waals surface area contributed by atoms with Gasteiger partial charge < -0.3 is 19.9 Å². The van der Waals surface area contributed by atoms with Crippen LogP contribution in [0.15, 0.2) is 42.6 Å². The highest BCUT2D eigenvalue weighted by Gasteiger charge is 2.22. The molecule has 0 bridgehead atoms. The van der Waals surface area contributed by atoms with Crippen molar-refractivity contribution in [1.29, 1.82) is 5.26 Å². The zero-order chi connectivity index (χ0) is 22.8. The summed E-state index contributed by atoms with van der Waals surface area (Å²) in [6.07, 6.45) is 1.56. The third-order valence-electron chi connectivity index (χ3n) is 5.38. The molecule has 4 rings (SSSR count). The van der Waals surface area contributed by atoms with Gasteiger partial charge in [-0.05, 0) is 43.2 Å². The molecule has 0 aliphatic carbocycles. The lowest BCUT2D eigenvalue weighted by atomic mass is 10.1. The molecular weight excluding hydrogens is 406 g/mol. The number of nitrogens with two attached hydrogens (primary N) is 1. The van der Waals surface area contributed by atoms with Gasteiger partial charge in [-0.3, -0.25) is 4.57 Å². The maximum atomic E-state index is 9.68. The van der Waals surface area contributed by atoms with Crippen LogP contribution in [0.3, 0.4) is 0 Å². The van der Waals surface area contributed by atoms with Gasteiger partial charge >= 0.3 is 6.01 Å². The Balaban J connectivity index is 1.80. The summed E-state index contributed by atoms with van der Waals surface area (Å²) >= 11 is 0. The summed E-state index contributed by atoms with van der Waals surface area (Å²) in [4.78, 5) is 8.60. The van der Waals surface area contributed by atoms with Crippen molar-refractivity contribution in [3.63, 3.8) is 0 Å². The molecule has 32 heavy (non-hydrogen) atoms. The van der Waals surface area contributed by atoms with Gasteiger partial charge in [0.15, 0.2) is 5.65 Å². The van der Waals surface area contributed by atoms with Crippen molar-refractivity contribution in [2.75, 3.05) is 20.0 Å². The van der Waals surface area contributed by atoms with Crippen LogP contribution in [0.25, 0.3) is 16.7 Å². The molecule has 2 N–H and O–H groups in total. The molecule has 0 unspecified atom stereocenters. The largest absolute Gasteiger partial charge is 0.497 e. The van der Waals surface area contributed by atoms with Crippen LogP contribution in [0.2, 0.25) is 0 Å². The van der Waals surface area contributed by atoms with E-state index >= 15 is 0 Å². The smallest absolute Gasteiger partial charge is 0.318 e. The lowest BCUT2D eigenvalue weighted by molar-refractivity contribution is 0.303. The number of benzene rings is 2. The molecule has 8 nitrogen and oxygen atoms in total. The predicted octanol–water partition coefficient (Wildman–Crippen LogP) is 4.09. The number of hydrogen-bond acceptors (Lipinski definition) is 7. The van der Waals surface area contributed by atoms with Crippen molar-refractivity contribution in [2.45, 2.75) is 20.5 Å². The highest BCUT2D eigenvalue weighted by Crippen LogP contribution is 2.36. The molecule has 0 atom stereocenters. The van der Waals surface area contributed by atoms with Crippen LogP contribution in [0.4, 0.5) is 5.82 Å². The molecule has 162 valence electrons. The Morgan fingerprint density at radius 1 is 1.06 bits per heavy atom. The number of aromatic nitrogens is 3.